The lowest BCUT2D eigenvalue weighted by molar-refractivity contribution is 0.191. The highest BCUT2D eigenvalue weighted by Gasteiger charge is 1.95. The summed E-state index contributed by atoms with van der Waals surface area (Å²) >= 11 is 0. The Morgan fingerprint density at radius 1 is 1.21 bits per heavy atom. The molecule has 0 spiro atoms. The van der Waals surface area contributed by atoms with Crippen LogP contribution in [-0.2, 0) is 13.0 Å². The molecule has 0 heterocycles. The minimum Gasteiger partial charge on any atom is -0.392 e. The van der Waals surface area contributed by atoms with E-state index in [1.807, 2.05) is 0 Å². The molecule has 1 aromatic carbocycles. The third-order valence-corrected chi connectivity index (χ3v) is 2.20. The number of aryl methyl sites for hydroxylation is 1. The first-order chi connectivity index (χ1) is 6.72. The number of nitrogens with one attached hydrogen (secondary N) is 1. The maximum absolute atomic E-state index is 9.05. The summed E-state index contributed by atoms with van der Waals surface area (Å²) in [6, 6.07) is 8.57. The van der Waals surface area contributed by atoms with Gasteiger partial charge in [0.2, 0.25) is 0 Å². The smallest absolute Gasteiger partial charge is 0.0636 e. The van der Waals surface area contributed by atoms with Crippen molar-refractivity contribution in [2.45, 2.75) is 32.9 Å². The number of aliphatic hydroxyl groups excluding tert-OH is 1. The van der Waals surface area contributed by atoms with Crippen LogP contribution in [0.15, 0.2) is 24.3 Å². The van der Waals surface area contributed by atoms with E-state index in [0.29, 0.717) is 6.54 Å². The minimum atomic E-state index is -0.273. The van der Waals surface area contributed by atoms with Gasteiger partial charge in [-0.05, 0) is 24.5 Å². The van der Waals surface area contributed by atoms with Gasteiger partial charge in [0, 0.05) is 13.1 Å². The Balaban J connectivity index is 2.36. The third-order valence-electron chi connectivity index (χ3n) is 2.20. The fraction of sp³-hybridized carbons (Fsp3) is 0.500. The monoisotopic (exact) mass is 193 g/mol. The number of rotatable bonds is 5. The average molecular weight is 193 g/mol. The molecular weight excluding hydrogens is 174 g/mol. The molecule has 0 saturated heterocycles. The van der Waals surface area contributed by atoms with Gasteiger partial charge in [0.15, 0.2) is 0 Å². The summed E-state index contributed by atoms with van der Waals surface area (Å²) in [4.78, 5) is 0. The van der Waals surface area contributed by atoms with Gasteiger partial charge in [-0.15, -0.1) is 0 Å². The third kappa shape index (κ3) is 3.90. The highest BCUT2D eigenvalue weighted by Crippen LogP contribution is 2.04. The SMILES string of the molecule is CCc1ccc(CNC[C@@H](C)O)cc1. The van der Waals surface area contributed by atoms with Gasteiger partial charge in [-0.1, -0.05) is 31.2 Å². The molecule has 0 aliphatic rings. The summed E-state index contributed by atoms with van der Waals surface area (Å²) in [5, 5.41) is 12.2. The zero-order valence-electron chi connectivity index (χ0n) is 8.96. The van der Waals surface area contributed by atoms with Crippen LogP contribution in [0.4, 0.5) is 0 Å². The Kier molecular flexibility index (Phi) is 4.63. The fourth-order valence-electron chi connectivity index (χ4n) is 1.32. The molecule has 0 bridgehead atoms. The van der Waals surface area contributed by atoms with E-state index in [1.54, 1.807) is 6.92 Å². The van der Waals surface area contributed by atoms with E-state index >= 15 is 0 Å². The fourth-order valence-corrected chi connectivity index (χ4v) is 1.32. The molecule has 0 amide bonds. The summed E-state index contributed by atoms with van der Waals surface area (Å²) in [6.07, 6.45) is 0.811. The first-order valence-corrected chi connectivity index (χ1v) is 5.19. The number of aliphatic hydroxyl groups is 1. The lowest BCUT2D eigenvalue weighted by Crippen LogP contribution is -2.23. The Bertz CT molecular complexity index is 254. The van der Waals surface area contributed by atoms with E-state index in [2.05, 4.69) is 36.5 Å². The van der Waals surface area contributed by atoms with Gasteiger partial charge < -0.3 is 10.4 Å². The van der Waals surface area contributed by atoms with Crippen molar-refractivity contribution in [1.29, 1.82) is 0 Å². The van der Waals surface area contributed by atoms with Crippen molar-refractivity contribution in [2.75, 3.05) is 6.54 Å². The van der Waals surface area contributed by atoms with Crippen LogP contribution in [0, 0.1) is 0 Å². The van der Waals surface area contributed by atoms with Gasteiger partial charge in [-0.2, -0.15) is 0 Å². The summed E-state index contributed by atoms with van der Waals surface area (Å²) in [6.45, 7) is 5.41. The first-order valence-electron chi connectivity index (χ1n) is 5.19. The second-order valence-corrected chi connectivity index (χ2v) is 3.65. The molecular formula is C12H19NO. The second kappa shape index (κ2) is 5.78. The van der Waals surface area contributed by atoms with Crippen molar-refractivity contribution >= 4 is 0 Å². The van der Waals surface area contributed by atoms with Crippen molar-refractivity contribution in [3.63, 3.8) is 0 Å². The van der Waals surface area contributed by atoms with E-state index in [-0.39, 0.29) is 6.10 Å². The maximum Gasteiger partial charge on any atom is 0.0636 e. The molecule has 1 rings (SSSR count). The largest absolute Gasteiger partial charge is 0.392 e. The van der Waals surface area contributed by atoms with Gasteiger partial charge >= 0.3 is 0 Å². The van der Waals surface area contributed by atoms with Crippen LogP contribution in [0.25, 0.3) is 0 Å². The number of hydrogen-bond acceptors (Lipinski definition) is 2. The van der Waals surface area contributed by atoms with Crippen molar-refractivity contribution < 1.29 is 5.11 Å². The van der Waals surface area contributed by atoms with Crippen LogP contribution in [0.2, 0.25) is 0 Å². The van der Waals surface area contributed by atoms with Gasteiger partial charge in [-0.25, -0.2) is 0 Å². The second-order valence-electron chi connectivity index (χ2n) is 3.65. The summed E-state index contributed by atoms with van der Waals surface area (Å²) in [7, 11) is 0. The van der Waals surface area contributed by atoms with Crippen LogP contribution in [0.3, 0.4) is 0 Å². The zero-order chi connectivity index (χ0) is 10.4. The molecule has 0 fully saturated rings. The van der Waals surface area contributed by atoms with Crippen LogP contribution >= 0.6 is 0 Å². The lowest BCUT2D eigenvalue weighted by Gasteiger charge is -2.07. The molecule has 14 heavy (non-hydrogen) atoms. The highest BCUT2D eigenvalue weighted by molar-refractivity contribution is 5.22. The maximum atomic E-state index is 9.05. The Morgan fingerprint density at radius 2 is 1.79 bits per heavy atom. The molecule has 2 nitrogen and oxygen atoms in total. The van der Waals surface area contributed by atoms with Crippen molar-refractivity contribution in [3.05, 3.63) is 35.4 Å². The van der Waals surface area contributed by atoms with Crippen molar-refractivity contribution in [3.8, 4) is 0 Å². The summed E-state index contributed by atoms with van der Waals surface area (Å²) in [5.74, 6) is 0. The van der Waals surface area contributed by atoms with Crippen molar-refractivity contribution in [1.82, 2.24) is 5.32 Å². The molecule has 1 atom stereocenters. The van der Waals surface area contributed by atoms with Crippen molar-refractivity contribution in [2.24, 2.45) is 0 Å². The molecule has 0 aromatic heterocycles. The van der Waals surface area contributed by atoms with E-state index in [4.69, 9.17) is 5.11 Å². The van der Waals surface area contributed by atoms with Crippen LogP contribution in [-0.4, -0.2) is 17.8 Å². The quantitative estimate of drug-likeness (QED) is 0.746. The zero-order valence-corrected chi connectivity index (χ0v) is 8.96. The molecule has 0 radical (unpaired) electrons. The molecule has 2 heteroatoms. The van der Waals surface area contributed by atoms with Gasteiger partial charge in [0.1, 0.15) is 0 Å². The number of benzene rings is 1. The predicted octanol–water partition coefficient (Wildman–Crippen LogP) is 1.72. The summed E-state index contributed by atoms with van der Waals surface area (Å²) in [5.41, 5.74) is 2.63. The van der Waals surface area contributed by atoms with E-state index in [0.717, 1.165) is 13.0 Å². The Morgan fingerprint density at radius 3 is 2.29 bits per heavy atom. The molecule has 0 unspecified atom stereocenters. The predicted molar refractivity (Wildman–Crippen MR) is 59.2 cm³/mol. The van der Waals surface area contributed by atoms with E-state index < -0.39 is 0 Å². The van der Waals surface area contributed by atoms with Crippen LogP contribution in [0.5, 0.6) is 0 Å². The number of hydrogen-bond donors (Lipinski definition) is 2. The standard InChI is InChI=1S/C12H19NO/c1-3-11-4-6-12(7-5-11)9-13-8-10(2)14/h4-7,10,13-14H,3,8-9H2,1-2H3/t10-/m1/s1. The highest BCUT2D eigenvalue weighted by atomic mass is 16.3. The Labute approximate surface area is 86.0 Å². The summed E-state index contributed by atoms with van der Waals surface area (Å²) < 4.78 is 0. The first kappa shape index (κ1) is 11.2. The minimum absolute atomic E-state index is 0.273. The van der Waals surface area contributed by atoms with Crippen LogP contribution in [0.1, 0.15) is 25.0 Å². The molecule has 78 valence electrons. The van der Waals surface area contributed by atoms with Gasteiger partial charge in [-0.3, -0.25) is 0 Å². The molecule has 2 N–H and O–H groups in total. The normalized spacial score (nSPS) is 12.8. The van der Waals surface area contributed by atoms with Gasteiger partial charge in [0.25, 0.3) is 0 Å². The van der Waals surface area contributed by atoms with E-state index in [9.17, 15) is 0 Å². The molecule has 0 aliphatic heterocycles. The Hall–Kier alpha value is -0.860. The molecule has 0 aliphatic carbocycles. The molecule has 0 saturated carbocycles. The van der Waals surface area contributed by atoms with Crippen LogP contribution < -0.4 is 5.32 Å². The lowest BCUT2D eigenvalue weighted by atomic mass is 10.1. The average Bonchev–Trinajstić information content (AvgIpc) is 2.18. The molecule has 1 aromatic rings. The van der Waals surface area contributed by atoms with Gasteiger partial charge in [0.05, 0.1) is 6.10 Å². The van der Waals surface area contributed by atoms with E-state index in [1.165, 1.54) is 11.1 Å². The topological polar surface area (TPSA) is 32.3 Å².